The monoisotopic (exact) mass is 441 g/mol. The second kappa shape index (κ2) is 11.1. The Morgan fingerprint density at radius 3 is 2.81 bits per heavy atom. The van der Waals surface area contributed by atoms with Crippen molar-refractivity contribution in [1.82, 2.24) is 19.8 Å². The normalized spacial score (nSPS) is 19.4. The van der Waals surface area contributed by atoms with Crippen molar-refractivity contribution in [3.8, 4) is 12.0 Å². The third-order valence-corrected chi connectivity index (χ3v) is 6.00. The maximum absolute atomic E-state index is 13.1. The molecule has 1 atom stereocenters. The van der Waals surface area contributed by atoms with Gasteiger partial charge in [0, 0.05) is 50.4 Å². The van der Waals surface area contributed by atoms with Crippen LogP contribution in [-0.4, -0.2) is 53.2 Å². The van der Waals surface area contributed by atoms with E-state index in [-0.39, 0.29) is 11.8 Å². The average molecular weight is 442 g/mol. The van der Waals surface area contributed by atoms with Crippen molar-refractivity contribution < 1.29 is 0 Å². The molecule has 0 aliphatic carbocycles. The summed E-state index contributed by atoms with van der Waals surface area (Å²) in [4.78, 5) is 23.1. The molecule has 2 aliphatic heterocycles. The van der Waals surface area contributed by atoms with Gasteiger partial charge in [-0.15, -0.1) is 11.8 Å². The molecule has 31 heavy (non-hydrogen) atoms. The number of fused-ring (bicyclic) bond motifs is 1. The number of nitrogens with one attached hydrogen (secondary N) is 3. The Labute approximate surface area is 188 Å². The van der Waals surface area contributed by atoms with Crippen LogP contribution in [0.1, 0.15) is 20.3 Å². The minimum atomic E-state index is -0.196. The van der Waals surface area contributed by atoms with Crippen LogP contribution in [-0.2, 0) is 7.05 Å². The van der Waals surface area contributed by atoms with Gasteiger partial charge in [-0.25, -0.2) is 0 Å². The summed E-state index contributed by atoms with van der Waals surface area (Å²) in [5, 5.41) is 9.89. The zero-order valence-electron chi connectivity index (χ0n) is 18.6. The SMILES string of the molecule is CC#CN1c2c(nc(N/C=C/CC=C/C(=C\C)SC)n(C)c2=O)NC1N1CCNCC1. The van der Waals surface area contributed by atoms with Crippen molar-refractivity contribution in [1.29, 1.82) is 0 Å². The minimum absolute atomic E-state index is 0.133. The highest BCUT2D eigenvalue weighted by Crippen LogP contribution is 2.31. The fourth-order valence-electron chi connectivity index (χ4n) is 3.51. The van der Waals surface area contributed by atoms with Crippen LogP contribution in [0, 0.1) is 12.0 Å². The zero-order chi connectivity index (χ0) is 22.2. The first-order chi connectivity index (χ1) is 15.1. The summed E-state index contributed by atoms with van der Waals surface area (Å²) >= 11 is 1.72. The van der Waals surface area contributed by atoms with Crippen molar-refractivity contribution in [2.75, 3.05) is 48.0 Å². The minimum Gasteiger partial charge on any atom is -0.335 e. The number of aromatic nitrogens is 2. The van der Waals surface area contributed by atoms with E-state index < -0.39 is 0 Å². The third-order valence-electron chi connectivity index (χ3n) is 5.15. The Balaban J connectivity index is 1.76. The molecule has 0 aromatic carbocycles. The molecule has 1 unspecified atom stereocenters. The van der Waals surface area contributed by atoms with Gasteiger partial charge in [0.05, 0.1) is 0 Å². The summed E-state index contributed by atoms with van der Waals surface area (Å²) in [6.07, 6.45) is 12.7. The summed E-state index contributed by atoms with van der Waals surface area (Å²) in [5.74, 6) is 3.97. The molecule has 0 spiro atoms. The molecule has 2 aliphatic rings. The molecule has 3 heterocycles. The molecule has 1 fully saturated rings. The quantitative estimate of drug-likeness (QED) is 0.440. The number of piperazine rings is 1. The Kier molecular flexibility index (Phi) is 8.23. The van der Waals surface area contributed by atoms with Gasteiger partial charge in [-0.3, -0.25) is 19.2 Å². The zero-order valence-corrected chi connectivity index (χ0v) is 19.4. The molecule has 0 radical (unpaired) electrons. The van der Waals surface area contributed by atoms with Crippen LogP contribution >= 0.6 is 11.8 Å². The van der Waals surface area contributed by atoms with Crippen molar-refractivity contribution >= 4 is 29.2 Å². The van der Waals surface area contributed by atoms with Gasteiger partial charge in [-0.2, -0.15) is 4.98 Å². The first kappa shape index (κ1) is 23.0. The van der Waals surface area contributed by atoms with Gasteiger partial charge in [0.15, 0.2) is 17.8 Å². The van der Waals surface area contributed by atoms with Gasteiger partial charge >= 0.3 is 0 Å². The molecule has 3 N–H and O–H groups in total. The molecule has 0 saturated carbocycles. The lowest BCUT2D eigenvalue weighted by atomic mass is 10.3. The van der Waals surface area contributed by atoms with Crippen LogP contribution < -0.4 is 26.4 Å². The lowest BCUT2D eigenvalue weighted by Crippen LogP contribution is -2.55. The predicted molar refractivity (Wildman–Crippen MR) is 131 cm³/mol. The van der Waals surface area contributed by atoms with Crippen molar-refractivity contribution in [2.24, 2.45) is 7.05 Å². The summed E-state index contributed by atoms with van der Waals surface area (Å²) in [7, 11) is 1.72. The summed E-state index contributed by atoms with van der Waals surface area (Å²) in [6.45, 7) is 7.37. The van der Waals surface area contributed by atoms with Crippen molar-refractivity contribution in [2.45, 2.75) is 26.6 Å². The van der Waals surface area contributed by atoms with Gasteiger partial charge in [0.2, 0.25) is 5.95 Å². The number of anilines is 3. The Hall–Kier alpha value is -2.67. The van der Waals surface area contributed by atoms with E-state index in [4.69, 9.17) is 0 Å². The van der Waals surface area contributed by atoms with Gasteiger partial charge < -0.3 is 16.0 Å². The molecule has 0 bridgehead atoms. The van der Waals surface area contributed by atoms with E-state index >= 15 is 0 Å². The average Bonchev–Trinajstić information content (AvgIpc) is 3.15. The number of thioether (sulfide) groups is 1. The molecular formula is C22H31N7OS. The van der Waals surface area contributed by atoms with Crippen LogP contribution in [0.3, 0.4) is 0 Å². The molecule has 1 aromatic rings. The van der Waals surface area contributed by atoms with E-state index in [1.165, 1.54) is 9.47 Å². The van der Waals surface area contributed by atoms with Crippen molar-refractivity contribution in [3.63, 3.8) is 0 Å². The smallest absolute Gasteiger partial charge is 0.281 e. The van der Waals surface area contributed by atoms with Crippen molar-refractivity contribution in [3.05, 3.63) is 45.8 Å². The van der Waals surface area contributed by atoms with Crippen LogP contribution in [0.25, 0.3) is 0 Å². The van der Waals surface area contributed by atoms with E-state index in [0.29, 0.717) is 17.5 Å². The lowest BCUT2D eigenvalue weighted by Gasteiger charge is -2.35. The molecule has 166 valence electrons. The maximum atomic E-state index is 13.1. The number of rotatable bonds is 7. The topological polar surface area (TPSA) is 77.5 Å². The van der Waals surface area contributed by atoms with Gasteiger partial charge in [-0.05, 0) is 26.5 Å². The number of hydrogen-bond acceptors (Lipinski definition) is 8. The highest BCUT2D eigenvalue weighted by Gasteiger charge is 2.37. The first-order valence-corrected chi connectivity index (χ1v) is 11.7. The number of nitrogens with zero attached hydrogens (tertiary/aromatic N) is 4. The third kappa shape index (κ3) is 5.34. The highest BCUT2D eigenvalue weighted by molar-refractivity contribution is 8.02. The molecule has 1 aromatic heterocycles. The number of allylic oxidation sites excluding steroid dienone is 4. The lowest BCUT2D eigenvalue weighted by molar-refractivity contribution is 0.196. The Morgan fingerprint density at radius 1 is 1.35 bits per heavy atom. The van der Waals surface area contributed by atoms with E-state index in [9.17, 15) is 4.79 Å². The van der Waals surface area contributed by atoms with E-state index in [0.717, 1.165) is 32.6 Å². The summed E-state index contributed by atoms with van der Waals surface area (Å²) < 4.78 is 1.52. The highest BCUT2D eigenvalue weighted by atomic mass is 32.2. The molecule has 3 rings (SSSR count). The predicted octanol–water partition coefficient (Wildman–Crippen LogP) is 2.32. The van der Waals surface area contributed by atoms with Crippen LogP contribution in [0.15, 0.2) is 40.2 Å². The summed E-state index contributed by atoms with van der Waals surface area (Å²) in [6, 6.07) is 3.08. The largest absolute Gasteiger partial charge is 0.335 e. The maximum Gasteiger partial charge on any atom is 0.281 e. The van der Waals surface area contributed by atoms with Gasteiger partial charge in [0.25, 0.3) is 5.56 Å². The van der Waals surface area contributed by atoms with E-state index in [1.54, 1.807) is 25.7 Å². The fraction of sp³-hybridized carbons (Fsp3) is 0.455. The van der Waals surface area contributed by atoms with E-state index in [1.807, 2.05) is 24.1 Å². The van der Waals surface area contributed by atoms with Crippen LogP contribution in [0.2, 0.25) is 0 Å². The summed E-state index contributed by atoms with van der Waals surface area (Å²) in [5.41, 5.74) is 0.361. The molecular weight excluding hydrogens is 410 g/mol. The molecule has 9 heteroatoms. The standard InChI is InChI=1S/C22H31N7OS/c1-5-14-29-18-19(26-22(29)28-15-12-23-13-16-28)25-21(27(3)20(18)30)24-11-9-7-8-10-17(6-2)31-4/h6,8-11,22-23,26H,7,12-13,15-16H2,1-4H3,(H,24,25)/b10-8?,11-9+,17-6+. The Morgan fingerprint density at radius 2 is 2.13 bits per heavy atom. The van der Waals surface area contributed by atoms with Crippen LogP contribution in [0.5, 0.6) is 0 Å². The van der Waals surface area contributed by atoms with Crippen LogP contribution in [0.4, 0.5) is 17.5 Å². The van der Waals surface area contributed by atoms with Gasteiger partial charge in [0.1, 0.15) is 0 Å². The number of hydrogen-bond donors (Lipinski definition) is 3. The second-order valence-corrected chi connectivity index (χ2v) is 7.99. The van der Waals surface area contributed by atoms with Gasteiger partial charge in [-0.1, -0.05) is 30.2 Å². The second-order valence-electron chi connectivity index (χ2n) is 7.11. The molecule has 0 amide bonds. The first-order valence-electron chi connectivity index (χ1n) is 10.4. The van der Waals surface area contributed by atoms with E-state index in [2.05, 4.69) is 62.3 Å². The molecule has 8 nitrogen and oxygen atoms in total. The molecule has 1 saturated heterocycles. The Bertz CT molecular complexity index is 980. The fourth-order valence-corrected chi connectivity index (χ4v) is 3.98.